The van der Waals surface area contributed by atoms with Crippen LogP contribution < -0.4 is 5.32 Å². The highest BCUT2D eigenvalue weighted by Crippen LogP contribution is 2.32. The Morgan fingerprint density at radius 2 is 2.20 bits per heavy atom. The van der Waals surface area contributed by atoms with E-state index in [9.17, 15) is 0 Å². The van der Waals surface area contributed by atoms with E-state index in [-0.39, 0.29) is 0 Å². The first kappa shape index (κ1) is 13.4. The number of hydrogen-bond donors (Lipinski definition) is 1. The van der Waals surface area contributed by atoms with Crippen LogP contribution in [0.4, 0.5) is 5.69 Å². The minimum Gasteiger partial charge on any atom is -0.384 e. The highest BCUT2D eigenvalue weighted by Gasteiger charge is 2.18. The van der Waals surface area contributed by atoms with Crippen LogP contribution in [0.5, 0.6) is 0 Å². The standard InChI is InChI=1S/C17H22N2O/c1-3-8-18-17-13-10-12(4-2)5-6-15(13)19-16-7-9-20-11-14(16)17/h5-6,10H,3-4,7-9,11H2,1-2H3,(H,18,19). The zero-order chi connectivity index (χ0) is 13.9. The Morgan fingerprint density at radius 3 is 3.00 bits per heavy atom. The van der Waals surface area contributed by atoms with Crippen molar-refractivity contribution in [1.82, 2.24) is 4.98 Å². The summed E-state index contributed by atoms with van der Waals surface area (Å²) in [7, 11) is 0. The summed E-state index contributed by atoms with van der Waals surface area (Å²) in [5.41, 5.74) is 6.15. The molecular formula is C17H22N2O. The Hall–Kier alpha value is -1.61. The highest BCUT2D eigenvalue weighted by molar-refractivity contribution is 5.94. The van der Waals surface area contributed by atoms with E-state index in [4.69, 9.17) is 9.72 Å². The molecule has 3 heteroatoms. The summed E-state index contributed by atoms with van der Waals surface area (Å²) in [5, 5.41) is 4.83. The van der Waals surface area contributed by atoms with Gasteiger partial charge in [-0.2, -0.15) is 0 Å². The van der Waals surface area contributed by atoms with Crippen LogP contribution in [-0.2, 0) is 24.2 Å². The Balaban J connectivity index is 2.20. The first-order valence-electron chi connectivity index (χ1n) is 7.59. The van der Waals surface area contributed by atoms with Gasteiger partial charge in [0.1, 0.15) is 0 Å². The zero-order valence-corrected chi connectivity index (χ0v) is 12.3. The maximum Gasteiger partial charge on any atom is 0.0755 e. The van der Waals surface area contributed by atoms with Crippen molar-refractivity contribution in [2.75, 3.05) is 18.5 Å². The van der Waals surface area contributed by atoms with Gasteiger partial charge in [0.15, 0.2) is 0 Å². The topological polar surface area (TPSA) is 34.2 Å². The van der Waals surface area contributed by atoms with Crippen molar-refractivity contribution in [3.8, 4) is 0 Å². The number of aromatic nitrogens is 1. The Bertz CT molecular complexity index is 622. The maximum atomic E-state index is 5.64. The van der Waals surface area contributed by atoms with Crippen molar-refractivity contribution in [3.05, 3.63) is 35.0 Å². The van der Waals surface area contributed by atoms with Gasteiger partial charge in [0.25, 0.3) is 0 Å². The van der Waals surface area contributed by atoms with Crippen molar-refractivity contribution in [1.29, 1.82) is 0 Å². The van der Waals surface area contributed by atoms with Gasteiger partial charge < -0.3 is 10.1 Å². The summed E-state index contributed by atoms with van der Waals surface area (Å²) in [6, 6.07) is 6.61. The number of nitrogens with one attached hydrogen (secondary N) is 1. The minimum absolute atomic E-state index is 0.681. The van der Waals surface area contributed by atoms with Gasteiger partial charge >= 0.3 is 0 Å². The average Bonchev–Trinajstić information content (AvgIpc) is 2.51. The van der Waals surface area contributed by atoms with Crippen LogP contribution in [0.15, 0.2) is 18.2 Å². The first-order valence-corrected chi connectivity index (χ1v) is 7.59. The van der Waals surface area contributed by atoms with E-state index < -0.39 is 0 Å². The number of aryl methyl sites for hydroxylation is 1. The van der Waals surface area contributed by atoms with Crippen LogP contribution in [0.1, 0.15) is 37.1 Å². The number of fused-ring (bicyclic) bond motifs is 2. The molecule has 1 aromatic carbocycles. The fraction of sp³-hybridized carbons (Fsp3) is 0.471. The van der Waals surface area contributed by atoms with Crippen LogP contribution >= 0.6 is 0 Å². The number of benzene rings is 1. The molecule has 0 amide bonds. The molecule has 20 heavy (non-hydrogen) atoms. The predicted octanol–water partition coefficient (Wildman–Crippen LogP) is 3.69. The van der Waals surface area contributed by atoms with E-state index >= 15 is 0 Å². The molecule has 2 aromatic rings. The summed E-state index contributed by atoms with van der Waals surface area (Å²) in [4.78, 5) is 4.84. The predicted molar refractivity (Wildman–Crippen MR) is 83.3 cm³/mol. The average molecular weight is 270 g/mol. The third kappa shape index (κ3) is 2.38. The molecule has 1 aromatic heterocycles. The Kier molecular flexibility index (Phi) is 3.88. The summed E-state index contributed by atoms with van der Waals surface area (Å²) < 4.78 is 5.64. The van der Waals surface area contributed by atoms with Crippen molar-refractivity contribution in [2.24, 2.45) is 0 Å². The van der Waals surface area contributed by atoms with Crippen LogP contribution in [-0.4, -0.2) is 18.1 Å². The molecule has 0 radical (unpaired) electrons. The second kappa shape index (κ2) is 5.80. The van der Waals surface area contributed by atoms with Crippen LogP contribution in [0, 0.1) is 0 Å². The minimum atomic E-state index is 0.681. The molecule has 0 atom stereocenters. The van der Waals surface area contributed by atoms with Crippen molar-refractivity contribution in [3.63, 3.8) is 0 Å². The number of anilines is 1. The summed E-state index contributed by atoms with van der Waals surface area (Å²) in [6.45, 7) is 6.83. The van der Waals surface area contributed by atoms with Crippen LogP contribution in [0.3, 0.4) is 0 Å². The molecule has 0 fully saturated rings. The lowest BCUT2D eigenvalue weighted by Crippen LogP contribution is -2.15. The van der Waals surface area contributed by atoms with E-state index in [0.29, 0.717) is 6.61 Å². The fourth-order valence-electron chi connectivity index (χ4n) is 2.78. The number of pyridine rings is 1. The number of hydrogen-bond acceptors (Lipinski definition) is 3. The summed E-state index contributed by atoms with van der Waals surface area (Å²) >= 11 is 0. The largest absolute Gasteiger partial charge is 0.384 e. The molecule has 0 aliphatic carbocycles. The van der Waals surface area contributed by atoms with Crippen LogP contribution in [0.25, 0.3) is 10.9 Å². The molecule has 0 unspecified atom stereocenters. The summed E-state index contributed by atoms with van der Waals surface area (Å²) in [6.07, 6.45) is 3.09. The third-order valence-electron chi connectivity index (χ3n) is 3.93. The fourth-order valence-corrected chi connectivity index (χ4v) is 2.78. The first-order chi connectivity index (χ1) is 9.83. The SMILES string of the molecule is CCCNc1c2c(nc3ccc(CC)cc13)CCOC2. The van der Waals surface area contributed by atoms with Gasteiger partial charge in [-0.15, -0.1) is 0 Å². The normalized spacial score (nSPS) is 14.3. The molecule has 1 aliphatic rings. The van der Waals surface area contributed by atoms with Crippen LogP contribution in [0.2, 0.25) is 0 Å². The second-order valence-corrected chi connectivity index (χ2v) is 5.35. The van der Waals surface area contributed by atoms with Crippen molar-refractivity contribution >= 4 is 16.6 Å². The summed E-state index contributed by atoms with van der Waals surface area (Å²) in [5.74, 6) is 0. The number of ether oxygens (including phenoxy) is 1. The molecule has 1 N–H and O–H groups in total. The quantitative estimate of drug-likeness (QED) is 0.920. The lowest BCUT2D eigenvalue weighted by Gasteiger charge is -2.22. The maximum absolute atomic E-state index is 5.64. The van der Waals surface area contributed by atoms with E-state index in [1.165, 1.54) is 27.9 Å². The molecule has 3 nitrogen and oxygen atoms in total. The van der Waals surface area contributed by atoms with E-state index in [1.54, 1.807) is 0 Å². The zero-order valence-electron chi connectivity index (χ0n) is 12.3. The van der Waals surface area contributed by atoms with Gasteiger partial charge in [0, 0.05) is 23.9 Å². The Morgan fingerprint density at radius 1 is 1.30 bits per heavy atom. The van der Waals surface area contributed by atoms with Crippen molar-refractivity contribution in [2.45, 2.75) is 39.7 Å². The molecule has 3 rings (SSSR count). The van der Waals surface area contributed by atoms with Crippen molar-refractivity contribution < 1.29 is 4.74 Å². The molecule has 0 spiro atoms. The second-order valence-electron chi connectivity index (χ2n) is 5.35. The van der Waals surface area contributed by atoms with Gasteiger partial charge in [-0.3, -0.25) is 4.98 Å². The molecule has 0 saturated carbocycles. The molecule has 2 heterocycles. The van der Waals surface area contributed by atoms with E-state index in [1.807, 2.05) is 0 Å². The Labute approximate surface area is 120 Å². The monoisotopic (exact) mass is 270 g/mol. The molecule has 0 bridgehead atoms. The van der Waals surface area contributed by atoms with Gasteiger partial charge in [-0.1, -0.05) is 19.9 Å². The number of nitrogens with zero attached hydrogens (tertiary/aromatic N) is 1. The van der Waals surface area contributed by atoms with Gasteiger partial charge in [-0.25, -0.2) is 0 Å². The van der Waals surface area contributed by atoms with Gasteiger partial charge in [-0.05, 0) is 30.5 Å². The highest BCUT2D eigenvalue weighted by atomic mass is 16.5. The molecule has 1 aliphatic heterocycles. The van der Waals surface area contributed by atoms with Gasteiger partial charge in [0.05, 0.1) is 30.1 Å². The molecular weight excluding hydrogens is 248 g/mol. The smallest absolute Gasteiger partial charge is 0.0755 e. The lowest BCUT2D eigenvalue weighted by atomic mass is 10.0. The third-order valence-corrected chi connectivity index (χ3v) is 3.93. The van der Waals surface area contributed by atoms with E-state index in [2.05, 4.69) is 37.4 Å². The number of rotatable bonds is 4. The molecule has 0 saturated heterocycles. The van der Waals surface area contributed by atoms with Gasteiger partial charge in [0.2, 0.25) is 0 Å². The van der Waals surface area contributed by atoms with E-state index in [0.717, 1.165) is 37.9 Å². The molecule has 106 valence electrons. The lowest BCUT2D eigenvalue weighted by molar-refractivity contribution is 0.110.